The molecule has 150 valence electrons. The second-order valence-corrected chi connectivity index (χ2v) is 10.8. The molecule has 1 N–H and O–H groups in total. The molecule has 1 aromatic carbocycles. The van der Waals surface area contributed by atoms with Crippen LogP contribution in [-0.4, -0.2) is 29.3 Å². The average Bonchev–Trinajstić information content (AvgIpc) is 3.12. The van der Waals surface area contributed by atoms with Crippen molar-refractivity contribution in [3.8, 4) is 0 Å². The van der Waals surface area contributed by atoms with E-state index in [9.17, 15) is 9.59 Å². The lowest BCUT2D eigenvalue weighted by atomic mass is 9.49. The van der Waals surface area contributed by atoms with Crippen molar-refractivity contribution in [1.82, 2.24) is 4.90 Å². The van der Waals surface area contributed by atoms with E-state index in [2.05, 4.69) is 21.2 Å². The highest BCUT2D eigenvalue weighted by atomic mass is 79.9. The Hall–Kier alpha value is -1.07. The molecule has 0 spiro atoms. The summed E-state index contributed by atoms with van der Waals surface area (Å²) in [7, 11) is 0. The van der Waals surface area contributed by atoms with Crippen molar-refractivity contribution in [2.24, 2.45) is 23.2 Å². The van der Waals surface area contributed by atoms with Gasteiger partial charge in [-0.1, -0.05) is 27.5 Å². The summed E-state index contributed by atoms with van der Waals surface area (Å²) in [6, 6.07) is 5.05. The second kappa shape index (κ2) is 7.02. The number of anilines is 1. The smallest absolute Gasteiger partial charge is 0.247 e. The highest BCUT2D eigenvalue weighted by molar-refractivity contribution is 9.10. The first kappa shape index (κ1) is 18.9. The van der Waals surface area contributed by atoms with Crippen LogP contribution < -0.4 is 5.32 Å². The summed E-state index contributed by atoms with van der Waals surface area (Å²) in [6.45, 7) is 0.701. The SMILES string of the molecule is O=C(Nc1ccc(Br)cc1Cl)[C@@H]1CCCN1C(=O)C12CC3CC(CC(C3)C1)C2. The molecule has 1 aromatic rings. The van der Waals surface area contributed by atoms with Gasteiger partial charge in [0.05, 0.1) is 16.1 Å². The first-order valence-electron chi connectivity index (χ1n) is 10.5. The molecule has 28 heavy (non-hydrogen) atoms. The van der Waals surface area contributed by atoms with Crippen molar-refractivity contribution in [2.75, 3.05) is 11.9 Å². The number of benzene rings is 1. The number of carbonyl (C=O) groups is 2. The van der Waals surface area contributed by atoms with E-state index < -0.39 is 0 Å². The zero-order valence-electron chi connectivity index (χ0n) is 15.9. The predicted octanol–water partition coefficient (Wildman–Crippen LogP) is 5.25. The molecule has 1 saturated heterocycles. The maximum absolute atomic E-state index is 13.7. The maximum atomic E-state index is 13.7. The van der Waals surface area contributed by atoms with E-state index in [1.807, 2.05) is 11.0 Å². The molecule has 0 aromatic heterocycles. The first-order valence-corrected chi connectivity index (χ1v) is 11.7. The van der Waals surface area contributed by atoms with Crippen molar-refractivity contribution in [3.63, 3.8) is 0 Å². The van der Waals surface area contributed by atoms with E-state index in [-0.39, 0.29) is 23.3 Å². The third-order valence-electron chi connectivity index (χ3n) is 7.50. The van der Waals surface area contributed by atoms with E-state index in [0.717, 1.165) is 54.3 Å². The average molecular weight is 466 g/mol. The Morgan fingerprint density at radius 3 is 2.36 bits per heavy atom. The minimum absolute atomic E-state index is 0.111. The van der Waals surface area contributed by atoms with Crippen LogP contribution in [0.4, 0.5) is 5.69 Å². The summed E-state index contributed by atoms with van der Waals surface area (Å²) >= 11 is 9.65. The van der Waals surface area contributed by atoms with Crippen LogP contribution in [0.1, 0.15) is 51.4 Å². The van der Waals surface area contributed by atoms with Crippen molar-refractivity contribution < 1.29 is 9.59 Å². The van der Waals surface area contributed by atoms with Gasteiger partial charge in [-0.3, -0.25) is 9.59 Å². The number of carbonyl (C=O) groups excluding carboxylic acids is 2. The molecule has 5 fully saturated rings. The van der Waals surface area contributed by atoms with E-state index in [1.165, 1.54) is 19.3 Å². The van der Waals surface area contributed by atoms with Crippen LogP contribution in [-0.2, 0) is 9.59 Å². The fraction of sp³-hybridized carbons (Fsp3) is 0.636. The van der Waals surface area contributed by atoms with Crippen LogP contribution in [0.3, 0.4) is 0 Å². The van der Waals surface area contributed by atoms with E-state index >= 15 is 0 Å². The molecule has 4 nitrogen and oxygen atoms in total. The molecule has 0 unspecified atom stereocenters. The van der Waals surface area contributed by atoms with Crippen LogP contribution in [0.15, 0.2) is 22.7 Å². The van der Waals surface area contributed by atoms with Gasteiger partial charge < -0.3 is 10.2 Å². The zero-order valence-corrected chi connectivity index (χ0v) is 18.3. The van der Waals surface area contributed by atoms with Gasteiger partial charge in [0.2, 0.25) is 11.8 Å². The highest BCUT2D eigenvalue weighted by Gasteiger charge is 2.56. The Kier molecular flexibility index (Phi) is 4.74. The molecule has 6 heteroatoms. The first-order chi connectivity index (χ1) is 13.4. The lowest BCUT2D eigenvalue weighted by Gasteiger charge is -2.56. The second-order valence-electron chi connectivity index (χ2n) is 9.47. The Morgan fingerprint density at radius 2 is 1.75 bits per heavy atom. The van der Waals surface area contributed by atoms with Crippen LogP contribution in [0, 0.1) is 23.2 Å². The van der Waals surface area contributed by atoms with E-state index in [1.54, 1.807) is 12.1 Å². The number of nitrogens with one attached hydrogen (secondary N) is 1. The lowest BCUT2D eigenvalue weighted by Crippen LogP contribution is -2.56. The number of hydrogen-bond donors (Lipinski definition) is 1. The molecule has 1 atom stereocenters. The monoisotopic (exact) mass is 464 g/mol. The number of likely N-dealkylation sites (tertiary alicyclic amines) is 1. The van der Waals surface area contributed by atoms with Gasteiger partial charge >= 0.3 is 0 Å². The normalized spacial score (nSPS) is 36.0. The third kappa shape index (κ3) is 3.19. The standard InChI is InChI=1S/C22H26BrClN2O2/c23-16-3-4-18(17(24)9-16)25-20(27)19-2-1-5-26(19)21(28)22-10-13-6-14(11-22)8-15(7-13)12-22/h3-4,9,13-15,19H,1-2,5-8,10-12H2,(H,25,27)/t13?,14?,15?,19-,22?/m0/s1. The molecule has 4 aliphatic carbocycles. The van der Waals surface area contributed by atoms with E-state index in [0.29, 0.717) is 17.3 Å². The lowest BCUT2D eigenvalue weighted by molar-refractivity contribution is -0.160. The summed E-state index contributed by atoms with van der Waals surface area (Å²) in [5.74, 6) is 2.33. The van der Waals surface area contributed by atoms with Gasteiger partial charge in [-0.05, 0) is 87.3 Å². The molecule has 1 heterocycles. The summed E-state index contributed by atoms with van der Waals surface area (Å²) in [5, 5.41) is 3.45. The van der Waals surface area contributed by atoms with Crippen LogP contribution >= 0.6 is 27.5 Å². The number of rotatable bonds is 3. The van der Waals surface area contributed by atoms with Crippen molar-refractivity contribution >= 4 is 45.0 Å². The quantitative estimate of drug-likeness (QED) is 0.663. The third-order valence-corrected chi connectivity index (χ3v) is 8.30. The van der Waals surface area contributed by atoms with Gasteiger partial charge in [0.25, 0.3) is 0 Å². The molecular formula is C22H26BrClN2O2. The summed E-state index contributed by atoms with van der Waals surface area (Å²) in [4.78, 5) is 28.6. The van der Waals surface area contributed by atoms with Gasteiger partial charge in [0, 0.05) is 11.0 Å². The molecule has 0 radical (unpaired) electrons. The fourth-order valence-electron chi connectivity index (χ4n) is 6.77. The molecule has 6 rings (SSSR count). The number of hydrogen-bond acceptors (Lipinski definition) is 2. The summed E-state index contributed by atoms with van der Waals surface area (Å²) in [6.07, 6.45) is 8.71. The van der Waals surface area contributed by atoms with Crippen LogP contribution in [0.5, 0.6) is 0 Å². The minimum atomic E-state index is -0.375. The van der Waals surface area contributed by atoms with Gasteiger partial charge in [-0.2, -0.15) is 0 Å². The van der Waals surface area contributed by atoms with E-state index in [4.69, 9.17) is 11.6 Å². The van der Waals surface area contributed by atoms with Crippen LogP contribution in [0.25, 0.3) is 0 Å². The zero-order chi connectivity index (χ0) is 19.5. The van der Waals surface area contributed by atoms with Crippen molar-refractivity contribution in [1.29, 1.82) is 0 Å². The molecule has 1 aliphatic heterocycles. The van der Waals surface area contributed by atoms with Gasteiger partial charge in [-0.15, -0.1) is 0 Å². The van der Waals surface area contributed by atoms with Gasteiger partial charge in [0.15, 0.2) is 0 Å². The largest absolute Gasteiger partial charge is 0.330 e. The number of halogens is 2. The molecular weight excluding hydrogens is 440 g/mol. The summed E-state index contributed by atoms with van der Waals surface area (Å²) in [5.41, 5.74) is 0.413. The Morgan fingerprint density at radius 1 is 1.11 bits per heavy atom. The van der Waals surface area contributed by atoms with Gasteiger partial charge in [-0.25, -0.2) is 0 Å². The Bertz CT molecular complexity index is 791. The highest BCUT2D eigenvalue weighted by Crippen LogP contribution is 2.60. The predicted molar refractivity (Wildman–Crippen MR) is 113 cm³/mol. The van der Waals surface area contributed by atoms with Gasteiger partial charge in [0.1, 0.15) is 6.04 Å². The maximum Gasteiger partial charge on any atom is 0.247 e. The molecule has 2 amide bonds. The summed E-state index contributed by atoms with van der Waals surface area (Å²) < 4.78 is 0.870. The number of nitrogens with zero attached hydrogens (tertiary/aromatic N) is 1. The molecule has 4 bridgehead atoms. The topological polar surface area (TPSA) is 49.4 Å². The van der Waals surface area contributed by atoms with Crippen LogP contribution in [0.2, 0.25) is 5.02 Å². The minimum Gasteiger partial charge on any atom is -0.330 e. The number of amides is 2. The van der Waals surface area contributed by atoms with Crippen molar-refractivity contribution in [2.45, 2.75) is 57.4 Å². The Labute approximate surface area is 179 Å². The molecule has 5 aliphatic rings. The fourth-order valence-corrected chi connectivity index (χ4v) is 7.49. The van der Waals surface area contributed by atoms with Crippen molar-refractivity contribution in [3.05, 3.63) is 27.7 Å². The molecule has 4 saturated carbocycles. The Balaban J connectivity index is 1.34.